The van der Waals surface area contributed by atoms with E-state index in [-0.39, 0.29) is 12.5 Å². The first-order chi connectivity index (χ1) is 11.1. The lowest BCUT2D eigenvalue weighted by Gasteiger charge is -2.09. The molecule has 0 bridgehead atoms. The zero-order valence-electron chi connectivity index (χ0n) is 12.3. The van der Waals surface area contributed by atoms with Gasteiger partial charge >= 0.3 is 5.69 Å². The molecule has 0 fully saturated rings. The minimum atomic E-state index is -0.599. The fourth-order valence-electron chi connectivity index (χ4n) is 2.42. The molecule has 2 N–H and O–H groups in total. The van der Waals surface area contributed by atoms with Crippen molar-refractivity contribution < 1.29 is 4.79 Å². The summed E-state index contributed by atoms with van der Waals surface area (Å²) < 4.78 is 1.15. The first kappa shape index (κ1) is 14.8. The average molecular weight is 309 g/mol. The first-order valence-corrected chi connectivity index (χ1v) is 7.16. The van der Waals surface area contributed by atoms with E-state index < -0.39 is 11.2 Å². The number of fused-ring (bicyclic) bond motifs is 1. The Morgan fingerprint density at radius 2 is 1.83 bits per heavy atom. The molecule has 0 aliphatic rings. The number of hydrogen-bond donors (Lipinski definition) is 2. The Labute approximate surface area is 131 Å². The van der Waals surface area contributed by atoms with Crippen LogP contribution in [0.4, 0.5) is 0 Å². The fourth-order valence-corrected chi connectivity index (χ4v) is 2.42. The maximum absolute atomic E-state index is 12.0. The van der Waals surface area contributed by atoms with Crippen molar-refractivity contribution >= 4 is 16.7 Å². The van der Waals surface area contributed by atoms with E-state index >= 15 is 0 Å². The van der Waals surface area contributed by atoms with Gasteiger partial charge in [0.2, 0.25) is 5.91 Å². The summed E-state index contributed by atoms with van der Waals surface area (Å²) in [6.45, 7) is 0.235. The number of hydrogen-bond acceptors (Lipinski definition) is 3. The highest BCUT2D eigenvalue weighted by Gasteiger charge is 2.06. The van der Waals surface area contributed by atoms with Crippen molar-refractivity contribution in [2.24, 2.45) is 0 Å². The Hall–Kier alpha value is -3.15. The molecular formula is C17H15N3O3. The molecule has 0 atom stereocenters. The first-order valence-electron chi connectivity index (χ1n) is 7.16. The maximum atomic E-state index is 12.0. The predicted molar refractivity (Wildman–Crippen MR) is 87.1 cm³/mol. The molecule has 23 heavy (non-hydrogen) atoms. The molecule has 0 radical (unpaired) electrons. The van der Waals surface area contributed by atoms with Crippen LogP contribution in [0.1, 0.15) is 5.56 Å². The zero-order chi connectivity index (χ0) is 16.2. The summed E-state index contributed by atoms with van der Waals surface area (Å²) in [5, 5.41) is 4.98. The van der Waals surface area contributed by atoms with Gasteiger partial charge in [0.1, 0.15) is 6.54 Å². The summed E-state index contributed by atoms with van der Waals surface area (Å²) in [6.07, 6.45) is 1.30. The maximum Gasteiger partial charge on any atom is 0.328 e. The Balaban J connectivity index is 1.71. The molecular weight excluding hydrogens is 294 g/mol. The highest BCUT2D eigenvalue weighted by Crippen LogP contribution is 2.18. The van der Waals surface area contributed by atoms with Crippen LogP contribution in [0.3, 0.4) is 0 Å². The van der Waals surface area contributed by atoms with Crippen molar-refractivity contribution in [1.82, 2.24) is 14.9 Å². The van der Waals surface area contributed by atoms with Crippen LogP contribution in [0.25, 0.3) is 10.8 Å². The lowest BCUT2D eigenvalue weighted by atomic mass is 10.0. The Morgan fingerprint density at radius 3 is 2.65 bits per heavy atom. The smallest absolute Gasteiger partial charge is 0.328 e. The van der Waals surface area contributed by atoms with E-state index in [1.165, 1.54) is 12.3 Å². The number of nitrogens with zero attached hydrogens (tertiary/aromatic N) is 1. The van der Waals surface area contributed by atoms with Crippen molar-refractivity contribution in [1.29, 1.82) is 0 Å². The lowest BCUT2D eigenvalue weighted by molar-refractivity contribution is -0.121. The number of amides is 1. The third kappa shape index (κ3) is 3.37. The largest absolute Gasteiger partial charge is 0.350 e. The molecule has 6 nitrogen and oxygen atoms in total. The highest BCUT2D eigenvalue weighted by atomic mass is 16.2. The van der Waals surface area contributed by atoms with Crippen LogP contribution in [0.5, 0.6) is 0 Å². The molecule has 1 aromatic heterocycles. The monoisotopic (exact) mass is 309 g/mol. The predicted octanol–water partition coefficient (Wildman–Crippen LogP) is 1.01. The number of H-pyrrole nitrogens is 1. The van der Waals surface area contributed by atoms with E-state index in [9.17, 15) is 14.4 Å². The third-order valence-electron chi connectivity index (χ3n) is 3.57. The van der Waals surface area contributed by atoms with Gasteiger partial charge in [-0.3, -0.25) is 19.1 Å². The summed E-state index contributed by atoms with van der Waals surface area (Å²) in [4.78, 5) is 36.7. The van der Waals surface area contributed by atoms with Crippen LogP contribution in [0.15, 0.2) is 64.3 Å². The molecule has 0 aliphatic carbocycles. The number of carbonyl (C=O) groups is 1. The molecule has 0 spiro atoms. The molecule has 1 heterocycles. The van der Waals surface area contributed by atoms with Crippen LogP contribution < -0.4 is 16.6 Å². The summed E-state index contributed by atoms with van der Waals surface area (Å²) >= 11 is 0. The molecule has 1 amide bonds. The summed E-state index contributed by atoms with van der Waals surface area (Å²) in [7, 11) is 0. The second-order valence-corrected chi connectivity index (χ2v) is 5.15. The number of aromatic nitrogens is 2. The summed E-state index contributed by atoms with van der Waals surface area (Å²) in [5.74, 6) is -0.299. The van der Waals surface area contributed by atoms with E-state index in [1.54, 1.807) is 0 Å². The molecule has 0 saturated heterocycles. The van der Waals surface area contributed by atoms with Crippen molar-refractivity contribution in [3.8, 4) is 0 Å². The number of rotatable bonds is 4. The Bertz CT molecular complexity index is 967. The second-order valence-electron chi connectivity index (χ2n) is 5.15. The molecule has 3 aromatic rings. The van der Waals surface area contributed by atoms with Crippen molar-refractivity contribution in [3.05, 3.63) is 81.1 Å². The van der Waals surface area contributed by atoms with Gasteiger partial charge in [-0.1, -0.05) is 42.5 Å². The molecule has 0 unspecified atom stereocenters. The van der Waals surface area contributed by atoms with Crippen molar-refractivity contribution in [2.75, 3.05) is 0 Å². The van der Waals surface area contributed by atoms with Gasteiger partial charge in [0, 0.05) is 18.8 Å². The van der Waals surface area contributed by atoms with Crippen LogP contribution in [0, 0.1) is 0 Å². The van der Waals surface area contributed by atoms with E-state index in [0.717, 1.165) is 20.9 Å². The lowest BCUT2D eigenvalue weighted by Crippen LogP contribution is -2.35. The van der Waals surface area contributed by atoms with Crippen LogP contribution >= 0.6 is 0 Å². The van der Waals surface area contributed by atoms with E-state index in [4.69, 9.17) is 0 Å². The van der Waals surface area contributed by atoms with Gasteiger partial charge in [-0.05, 0) is 16.3 Å². The van der Waals surface area contributed by atoms with E-state index in [2.05, 4.69) is 10.3 Å². The zero-order valence-corrected chi connectivity index (χ0v) is 12.3. The van der Waals surface area contributed by atoms with Crippen LogP contribution in [-0.2, 0) is 17.9 Å². The van der Waals surface area contributed by atoms with Gasteiger partial charge in [0.05, 0.1) is 0 Å². The van der Waals surface area contributed by atoms with Gasteiger partial charge in [-0.15, -0.1) is 0 Å². The van der Waals surface area contributed by atoms with E-state index in [1.807, 2.05) is 42.5 Å². The number of benzene rings is 2. The minimum absolute atomic E-state index is 0.139. The third-order valence-corrected chi connectivity index (χ3v) is 3.57. The number of nitrogens with one attached hydrogen (secondary N) is 2. The quantitative estimate of drug-likeness (QED) is 0.754. The van der Waals surface area contributed by atoms with Gasteiger partial charge in [-0.2, -0.15) is 0 Å². The fraction of sp³-hybridized carbons (Fsp3) is 0.118. The number of aromatic amines is 1. The summed E-state index contributed by atoms with van der Waals surface area (Å²) in [5.41, 5.74) is -0.0782. The molecule has 2 aromatic carbocycles. The average Bonchev–Trinajstić information content (AvgIpc) is 2.55. The van der Waals surface area contributed by atoms with Gasteiger partial charge in [0.15, 0.2) is 0 Å². The van der Waals surface area contributed by atoms with Crippen LogP contribution in [0.2, 0.25) is 0 Å². The standard InChI is InChI=1S/C17H15N3O3/c21-15-8-9-20(17(23)19-15)11-16(22)18-10-13-6-3-5-12-4-1-2-7-14(12)13/h1-9H,10-11H2,(H,18,22)(H,19,21,23). The Morgan fingerprint density at radius 1 is 1.04 bits per heavy atom. The normalized spacial score (nSPS) is 10.6. The summed E-state index contributed by atoms with van der Waals surface area (Å²) in [6, 6.07) is 15.1. The second kappa shape index (κ2) is 6.31. The molecule has 6 heteroatoms. The molecule has 0 aliphatic heterocycles. The van der Waals surface area contributed by atoms with Crippen molar-refractivity contribution in [3.63, 3.8) is 0 Å². The molecule has 0 saturated carbocycles. The van der Waals surface area contributed by atoms with Gasteiger partial charge in [-0.25, -0.2) is 4.79 Å². The van der Waals surface area contributed by atoms with Crippen LogP contribution in [-0.4, -0.2) is 15.5 Å². The minimum Gasteiger partial charge on any atom is -0.350 e. The topological polar surface area (TPSA) is 84.0 Å². The SMILES string of the molecule is O=C(Cn1ccc(=O)[nH]c1=O)NCc1cccc2ccccc12. The number of carbonyl (C=O) groups excluding carboxylic acids is 1. The van der Waals surface area contributed by atoms with Gasteiger partial charge in [0.25, 0.3) is 5.56 Å². The highest BCUT2D eigenvalue weighted by molar-refractivity contribution is 5.86. The molecule has 3 rings (SSSR count). The molecule has 116 valence electrons. The van der Waals surface area contributed by atoms with Gasteiger partial charge < -0.3 is 5.32 Å². The van der Waals surface area contributed by atoms with Crippen molar-refractivity contribution in [2.45, 2.75) is 13.1 Å². The Kier molecular flexibility index (Phi) is 4.05. The van der Waals surface area contributed by atoms with E-state index in [0.29, 0.717) is 6.54 Å².